The molecule has 4 N–H and O–H groups in total. The van der Waals surface area contributed by atoms with Gasteiger partial charge in [0.1, 0.15) is 5.84 Å². The van der Waals surface area contributed by atoms with Gasteiger partial charge in [-0.25, -0.2) is 0 Å². The third kappa shape index (κ3) is 5.86. The Hall–Kier alpha value is -3.72. The number of anilines is 2. The highest BCUT2D eigenvalue weighted by molar-refractivity contribution is 6.00. The lowest BCUT2D eigenvalue weighted by Gasteiger charge is -2.22. The number of carbonyl (C=O) groups excluding carboxylic acids is 3. The molecule has 0 spiro atoms. The van der Waals surface area contributed by atoms with Gasteiger partial charge in [0.2, 0.25) is 11.8 Å². The van der Waals surface area contributed by atoms with E-state index >= 15 is 0 Å². The lowest BCUT2D eigenvalue weighted by molar-refractivity contribution is -0.119. The van der Waals surface area contributed by atoms with E-state index in [0.29, 0.717) is 37.2 Å². The Morgan fingerprint density at radius 1 is 1.11 bits per heavy atom. The van der Waals surface area contributed by atoms with Crippen LogP contribution in [0.2, 0.25) is 0 Å². The molecule has 1 unspecified atom stereocenters. The lowest BCUT2D eigenvalue weighted by Crippen LogP contribution is -2.37. The van der Waals surface area contributed by atoms with Gasteiger partial charge in [0, 0.05) is 55.0 Å². The van der Waals surface area contributed by atoms with E-state index in [1.807, 2.05) is 24.3 Å². The van der Waals surface area contributed by atoms with E-state index in [-0.39, 0.29) is 29.5 Å². The molecular weight excluding hydrogens is 444 g/mol. The van der Waals surface area contributed by atoms with Gasteiger partial charge in [-0.1, -0.05) is 12.1 Å². The van der Waals surface area contributed by atoms with Gasteiger partial charge in [0.15, 0.2) is 0 Å². The first kappa shape index (κ1) is 24.4. The fourth-order valence-electron chi connectivity index (χ4n) is 4.57. The minimum absolute atomic E-state index is 0.00757. The molecule has 1 atom stereocenters. The average Bonchev–Trinajstić information content (AvgIpc) is 3.51. The van der Waals surface area contributed by atoms with Crippen LogP contribution >= 0.6 is 0 Å². The van der Waals surface area contributed by atoms with Crippen LogP contribution in [0.4, 0.5) is 11.4 Å². The van der Waals surface area contributed by atoms with Gasteiger partial charge in [-0.05, 0) is 62.3 Å². The van der Waals surface area contributed by atoms with Crippen molar-refractivity contribution < 1.29 is 14.4 Å². The summed E-state index contributed by atoms with van der Waals surface area (Å²) in [5.74, 6) is -0.294. The van der Waals surface area contributed by atoms with Crippen LogP contribution in [0.3, 0.4) is 0 Å². The molecule has 3 amide bonds. The largest absolute Gasteiger partial charge is 0.384 e. The van der Waals surface area contributed by atoms with Crippen molar-refractivity contribution in [2.75, 3.05) is 49.6 Å². The van der Waals surface area contributed by atoms with Crippen LogP contribution in [0.25, 0.3) is 0 Å². The van der Waals surface area contributed by atoms with Crippen molar-refractivity contribution in [3.8, 4) is 0 Å². The predicted octanol–water partition coefficient (Wildman–Crippen LogP) is 1.81. The SMILES string of the molecule is CN(C(=O)CN1CCCC1)c1ccc(N2CC(CNC(=O)c3cccc(C(=N)N)c3)CC2=O)cc1. The summed E-state index contributed by atoms with van der Waals surface area (Å²) in [6.07, 6.45) is 2.64. The van der Waals surface area contributed by atoms with E-state index in [0.717, 1.165) is 37.3 Å². The molecule has 4 rings (SSSR count). The molecule has 2 fully saturated rings. The van der Waals surface area contributed by atoms with Crippen molar-refractivity contribution in [2.24, 2.45) is 11.7 Å². The second-order valence-corrected chi connectivity index (χ2v) is 9.23. The van der Waals surface area contributed by atoms with Gasteiger partial charge < -0.3 is 20.9 Å². The topological polar surface area (TPSA) is 123 Å². The van der Waals surface area contributed by atoms with E-state index in [2.05, 4.69) is 10.2 Å². The van der Waals surface area contributed by atoms with E-state index in [1.54, 1.807) is 41.1 Å². The molecule has 9 nitrogen and oxygen atoms in total. The number of benzene rings is 2. The van der Waals surface area contributed by atoms with Gasteiger partial charge in [-0.15, -0.1) is 0 Å². The van der Waals surface area contributed by atoms with Crippen molar-refractivity contribution in [2.45, 2.75) is 19.3 Å². The standard InChI is InChI=1S/C26H32N6O3/c1-30(24(34)17-31-11-2-3-12-31)21-7-9-22(10-8-21)32-16-18(13-23(32)33)15-29-26(35)20-6-4-5-19(14-20)25(27)28/h4-10,14,18H,2-3,11-13,15-17H2,1H3,(H3,27,28)(H,29,35). The molecule has 0 aliphatic carbocycles. The first-order valence-corrected chi connectivity index (χ1v) is 11.9. The first-order chi connectivity index (χ1) is 16.8. The zero-order chi connectivity index (χ0) is 24.9. The summed E-state index contributed by atoms with van der Waals surface area (Å²) in [5, 5.41) is 10.4. The van der Waals surface area contributed by atoms with Gasteiger partial charge in [-0.3, -0.25) is 24.7 Å². The van der Waals surface area contributed by atoms with Crippen LogP contribution in [-0.4, -0.2) is 68.2 Å². The molecule has 0 radical (unpaired) electrons. The smallest absolute Gasteiger partial charge is 0.251 e. The van der Waals surface area contributed by atoms with E-state index in [4.69, 9.17) is 11.1 Å². The van der Waals surface area contributed by atoms with Crippen LogP contribution in [0, 0.1) is 11.3 Å². The molecule has 2 aliphatic rings. The van der Waals surface area contributed by atoms with Gasteiger partial charge >= 0.3 is 0 Å². The van der Waals surface area contributed by atoms with E-state index < -0.39 is 0 Å². The minimum Gasteiger partial charge on any atom is -0.384 e. The van der Waals surface area contributed by atoms with Crippen molar-refractivity contribution in [3.63, 3.8) is 0 Å². The monoisotopic (exact) mass is 476 g/mol. The second-order valence-electron chi connectivity index (χ2n) is 9.23. The number of amidine groups is 1. The fourth-order valence-corrected chi connectivity index (χ4v) is 4.57. The summed E-state index contributed by atoms with van der Waals surface area (Å²) >= 11 is 0. The molecule has 2 aromatic carbocycles. The quantitative estimate of drug-likeness (QED) is 0.396. The molecule has 0 bridgehead atoms. The first-order valence-electron chi connectivity index (χ1n) is 11.9. The zero-order valence-electron chi connectivity index (χ0n) is 20.0. The molecule has 9 heteroatoms. The number of carbonyl (C=O) groups is 3. The van der Waals surface area contributed by atoms with Crippen molar-refractivity contribution in [1.29, 1.82) is 5.41 Å². The maximum absolute atomic E-state index is 12.6. The number of hydrogen-bond donors (Lipinski definition) is 3. The summed E-state index contributed by atoms with van der Waals surface area (Å²) in [4.78, 5) is 43.3. The second kappa shape index (κ2) is 10.7. The number of nitrogens with zero attached hydrogens (tertiary/aromatic N) is 3. The van der Waals surface area contributed by atoms with Crippen LogP contribution in [0.15, 0.2) is 48.5 Å². The Kier molecular flexibility index (Phi) is 7.45. The predicted molar refractivity (Wildman–Crippen MR) is 136 cm³/mol. The molecule has 0 saturated carbocycles. The van der Waals surface area contributed by atoms with Crippen molar-refractivity contribution in [3.05, 3.63) is 59.7 Å². The Bertz CT molecular complexity index is 1110. The van der Waals surface area contributed by atoms with E-state index in [9.17, 15) is 14.4 Å². The molecule has 2 aromatic rings. The molecule has 184 valence electrons. The Labute approximate surface area is 205 Å². The van der Waals surface area contributed by atoms with Crippen LogP contribution in [0.1, 0.15) is 35.2 Å². The summed E-state index contributed by atoms with van der Waals surface area (Å²) in [6.45, 7) is 3.26. The maximum Gasteiger partial charge on any atom is 0.251 e. The number of nitrogens with one attached hydrogen (secondary N) is 2. The van der Waals surface area contributed by atoms with Crippen molar-refractivity contribution >= 4 is 34.9 Å². The Balaban J connectivity index is 1.31. The third-order valence-corrected chi connectivity index (χ3v) is 6.67. The lowest BCUT2D eigenvalue weighted by atomic mass is 10.1. The van der Waals surface area contributed by atoms with Crippen LogP contribution < -0.4 is 20.9 Å². The van der Waals surface area contributed by atoms with Crippen LogP contribution in [-0.2, 0) is 9.59 Å². The molecular formula is C26H32N6O3. The normalized spacial score (nSPS) is 18.0. The van der Waals surface area contributed by atoms with Crippen molar-refractivity contribution in [1.82, 2.24) is 10.2 Å². The number of rotatable bonds is 8. The number of nitrogen functional groups attached to an aromatic ring is 1. The minimum atomic E-state index is -0.259. The molecule has 35 heavy (non-hydrogen) atoms. The number of nitrogens with two attached hydrogens (primary N) is 1. The summed E-state index contributed by atoms with van der Waals surface area (Å²) in [6, 6.07) is 14.1. The Morgan fingerprint density at radius 3 is 2.49 bits per heavy atom. The highest BCUT2D eigenvalue weighted by atomic mass is 16.2. The van der Waals surface area contributed by atoms with Gasteiger partial charge in [0.05, 0.1) is 6.54 Å². The van der Waals surface area contributed by atoms with Gasteiger partial charge in [0.25, 0.3) is 5.91 Å². The number of likely N-dealkylation sites (tertiary alicyclic amines) is 1. The molecule has 2 heterocycles. The fraction of sp³-hybridized carbons (Fsp3) is 0.385. The number of amides is 3. The number of likely N-dealkylation sites (N-methyl/N-ethyl adjacent to an activating group) is 1. The number of hydrogen-bond acceptors (Lipinski definition) is 5. The van der Waals surface area contributed by atoms with Crippen LogP contribution in [0.5, 0.6) is 0 Å². The average molecular weight is 477 g/mol. The highest BCUT2D eigenvalue weighted by Gasteiger charge is 2.31. The summed E-state index contributed by atoms with van der Waals surface area (Å²) < 4.78 is 0. The summed E-state index contributed by atoms with van der Waals surface area (Å²) in [5.41, 5.74) is 8.00. The molecule has 0 aromatic heterocycles. The molecule has 2 aliphatic heterocycles. The summed E-state index contributed by atoms with van der Waals surface area (Å²) in [7, 11) is 1.78. The molecule has 2 saturated heterocycles. The third-order valence-electron chi connectivity index (χ3n) is 6.67. The highest BCUT2D eigenvalue weighted by Crippen LogP contribution is 2.27. The Morgan fingerprint density at radius 2 is 1.80 bits per heavy atom. The van der Waals surface area contributed by atoms with E-state index in [1.165, 1.54) is 0 Å². The zero-order valence-corrected chi connectivity index (χ0v) is 20.0. The maximum atomic E-state index is 12.6. The van der Waals surface area contributed by atoms with Gasteiger partial charge in [-0.2, -0.15) is 0 Å².